The molecule has 0 aliphatic carbocycles. The van der Waals surface area contributed by atoms with E-state index in [2.05, 4.69) is 0 Å². The van der Waals surface area contributed by atoms with Gasteiger partial charge in [-0.2, -0.15) is 0 Å². The number of carbonyl (C=O) groups excluding carboxylic acids is 1. The van der Waals surface area contributed by atoms with E-state index in [1.54, 1.807) is 54.7 Å². The Morgan fingerprint density at radius 2 is 1.60 bits per heavy atom. The topological polar surface area (TPSA) is 91.4 Å². The molecule has 0 fully saturated rings. The summed E-state index contributed by atoms with van der Waals surface area (Å²) < 4.78 is 32.4. The molecule has 0 unspecified atom stereocenters. The number of ether oxygens (including phenoxy) is 1. The van der Waals surface area contributed by atoms with E-state index < -0.39 is 16.1 Å². The van der Waals surface area contributed by atoms with Gasteiger partial charge < -0.3 is 10.5 Å². The van der Waals surface area contributed by atoms with Crippen LogP contribution in [0.25, 0.3) is 22.0 Å². The van der Waals surface area contributed by atoms with E-state index in [1.165, 1.54) is 3.97 Å². The minimum atomic E-state index is -3.70. The fraction of sp³-hybridized carbons (Fsp3) is 0.0870. The quantitative estimate of drug-likeness (QED) is 0.521. The molecule has 0 spiro atoms. The van der Waals surface area contributed by atoms with E-state index in [1.807, 2.05) is 32.0 Å². The molecule has 4 aromatic rings. The molecule has 6 nitrogen and oxygen atoms in total. The molecule has 7 heteroatoms. The van der Waals surface area contributed by atoms with Crippen LogP contribution in [0.3, 0.4) is 0 Å². The van der Waals surface area contributed by atoms with Gasteiger partial charge in [0.2, 0.25) is 0 Å². The first-order valence-corrected chi connectivity index (χ1v) is 10.7. The summed E-state index contributed by atoms with van der Waals surface area (Å²) >= 11 is 0. The van der Waals surface area contributed by atoms with E-state index in [4.69, 9.17) is 10.5 Å². The number of carbonyl (C=O) groups is 1. The highest BCUT2D eigenvalue weighted by molar-refractivity contribution is 7.90. The van der Waals surface area contributed by atoms with Crippen LogP contribution < -0.4 is 10.5 Å². The van der Waals surface area contributed by atoms with Crippen LogP contribution in [0, 0.1) is 13.8 Å². The number of hydrogen-bond donors (Lipinski definition) is 1. The smallest absolute Gasteiger partial charge is 0.409 e. The summed E-state index contributed by atoms with van der Waals surface area (Å²) in [6.07, 6.45) is 0.682. The van der Waals surface area contributed by atoms with E-state index in [0.717, 1.165) is 27.6 Å². The van der Waals surface area contributed by atoms with Gasteiger partial charge in [-0.3, -0.25) is 0 Å². The lowest BCUT2D eigenvalue weighted by Gasteiger charge is -2.10. The lowest BCUT2D eigenvalue weighted by Crippen LogP contribution is -2.16. The summed E-state index contributed by atoms with van der Waals surface area (Å²) in [4.78, 5) is 11.3. The van der Waals surface area contributed by atoms with Gasteiger partial charge in [0.25, 0.3) is 10.0 Å². The third kappa shape index (κ3) is 3.67. The number of nitrogens with two attached hydrogens (primary N) is 1. The van der Waals surface area contributed by atoms with Gasteiger partial charge in [0.15, 0.2) is 0 Å². The lowest BCUT2D eigenvalue weighted by atomic mass is 10.0. The number of fused-ring (bicyclic) bond motifs is 1. The van der Waals surface area contributed by atoms with Gasteiger partial charge in [0.1, 0.15) is 5.75 Å². The molecule has 1 amide bonds. The molecule has 0 atom stereocenters. The molecular formula is C23H20N2O4S. The SMILES string of the molecule is Cc1ccc(S(=O)(=O)n2ccc3cc(-c4cc(C)cc(OC(N)=O)c4)ccc32)cc1. The summed E-state index contributed by atoms with van der Waals surface area (Å²) in [5.74, 6) is 0.358. The van der Waals surface area contributed by atoms with Gasteiger partial charge in [-0.1, -0.05) is 29.8 Å². The molecular weight excluding hydrogens is 400 g/mol. The van der Waals surface area contributed by atoms with Crippen LogP contribution >= 0.6 is 0 Å². The molecule has 0 aliphatic heterocycles. The van der Waals surface area contributed by atoms with Crippen molar-refractivity contribution in [3.8, 4) is 16.9 Å². The van der Waals surface area contributed by atoms with Crippen LogP contribution in [0.1, 0.15) is 11.1 Å². The highest BCUT2D eigenvalue weighted by Gasteiger charge is 2.19. The van der Waals surface area contributed by atoms with Crippen LogP contribution in [-0.4, -0.2) is 18.5 Å². The number of hydrogen-bond acceptors (Lipinski definition) is 4. The van der Waals surface area contributed by atoms with Gasteiger partial charge >= 0.3 is 6.09 Å². The molecule has 30 heavy (non-hydrogen) atoms. The van der Waals surface area contributed by atoms with Crippen molar-refractivity contribution in [2.24, 2.45) is 5.73 Å². The van der Waals surface area contributed by atoms with E-state index >= 15 is 0 Å². The number of amides is 1. The van der Waals surface area contributed by atoms with Crippen molar-refractivity contribution in [3.63, 3.8) is 0 Å². The Hall–Kier alpha value is -3.58. The molecule has 1 aromatic heterocycles. The predicted molar refractivity (Wildman–Crippen MR) is 116 cm³/mol. The van der Waals surface area contributed by atoms with Crippen molar-refractivity contribution in [2.75, 3.05) is 0 Å². The number of rotatable bonds is 4. The van der Waals surface area contributed by atoms with Crippen LogP contribution in [0.4, 0.5) is 4.79 Å². The van der Waals surface area contributed by atoms with E-state index in [0.29, 0.717) is 11.3 Å². The Morgan fingerprint density at radius 1 is 0.867 bits per heavy atom. The summed E-state index contributed by atoms with van der Waals surface area (Å²) in [6, 6.07) is 19.4. The molecule has 0 bridgehead atoms. The van der Waals surface area contributed by atoms with Gasteiger partial charge in [0.05, 0.1) is 10.4 Å². The fourth-order valence-corrected chi connectivity index (χ4v) is 4.77. The second kappa shape index (κ2) is 7.35. The summed E-state index contributed by atoms with van der Waals surface area (Å²) in [7, 11) is -3.70. The van der Waals surface area contributed by atoms with Crippen molar-refractivity contribution >= 4 is 27.0 Å². The molecule has 152 valence electrons. The lowest BCUT2D eigenvalue weighted by molar-refractivity contribution is 0.211. The maximum Gasteiger partial charge on any atom is 0.409 e. The van der Waals surface area contributed by atoms with Crippen LogP contribution in [0.5, 0.6) is 5.75 Å². The zero-order valence-corrected chi connectivity index (χ0v) is 17.3. The molecule has 0 saturated carbocycles. The third-order valence-electron chi connectivity index (χ3n) is 4.83. The number of benzene rings is 3. The monoisotopic (exact) mass is 420 g/mol. The predicted octanol–water partition coefficient (Wildman–Crippen LogP) is 4.62. The minimum Gasteiger partial charge on any atom is -0.410 e. The Labute approximate surface area is 174 Å². The van der Waals surface area contributed by atoms with E-state index in [9.17, 15) is 13.2 Å². The van der Waals surface area contributed by atoms with Gasteiger partial charge in [-0.05, 0) is 73.0 Å². The van der Waals surface area contributed by atoms with E-state index in [-0.39, 0.29) is 4.90 Å². The maximum atomic E-state index is 13.1. The molecule has 0 aliphatic rings. The first-order valence-electron chi connectivity index (χ1n) is 9.27. The van der Waals surface area contributed by atoms with Gasteiger partial charge in [0, 0.05) is 11.6 Å². The molecule has 0 saturated heterocycles. The normalized spacial score (nSPS) is 11.5. The standard InChI is InChI=1S/C23H20N2O4S/c1-15-3-6-21(7-4-15)30(27,28)25-10-9-18-13-17(5-8-22(18)25)19-11-16(2)12-20(14-19)29-23(24)26/h3-14H,1-2H3,(H2,24,26). The van der Waals surface area contributed by atoms with Crippen molar-refractivity contribution in [1.29, 1.82) is 0 Å². The third-order valence-corrected chi connectivity index (χ3v) is 6.54. The van der Waals surface area contributed by atoms with Crippen molar-refractivity contribution < 1.29 is 17.9 Å². The molecule has 4 rings (SSSR count). The summed E-state index contributed by atoms with van der Waals surface area (Å²) in [5.41, 5.74) is 9.30. The first-order chi connectivity index (χ1) is 14.2. The number of aromatic nitrogens is 1. The molecule has 1 heterocycles. The van der Waals surface area contributed by atoms with Crippen LogP contribution in [-0.2, 0) is 10.0 Å². The van der Waals surface area contributed by atoms with Gasteiger partial charge in [-0.15, -0.1) is 0 Å². The van der Waals surface area contributed by atoms with Crippen LogP contribution in [0.15, 0.2) is 77.8 Å². The summed E-state index contributed by atoms with van der Waals surface area (Å²) in [6.45, 7) is 3.80. The second-order valence-electron chi connectivity index (χ2n) is 7.16. The van der Waals surface area contributed by atoms with Crippen molar-refractivity contribution in [2.45, 2.75) is 18.7 Å². The zero-order valence-electron chi connectivity index (χ0n) is 16.5. The van der Waals surface area contributed by atoms with Crippen molar-refractivity contribution in [3.05, 3.63) is 84.1 Å². The Morgan fingerprint density at radius 3 is 2.30 bits per heavy atom. The van der Waals surface area contributed by atoms with Crippen molar-refractivity contribution in [1.82, 2.24) is 3.97 Å². The molecule has 2 N–H and O–H groups in total. The second-order valence-corrected chi connectivity index (χ2v) is 8.97. The number of primary amides is 1. The first kappa shape index (κ1) is 19.7. The maximum absolute atomic E-state index is 13.1. The molecule has 0 radical (unpaired) electrons. The largest absolute Gasteiger partial charge is 0.410 e. The average molecular weight is 420 g/mol. The van der Waals surface area contributed by atoms with Crippen LogP contribution in [0.2, 0.25) is 0 Å². The fourth-order valence-electron chi connectivity index (χ4n) is 3.42. The Bertz CT molecular complexity index is 1370. The highest BCUT2D eigenvalue weighted by Crippen LogP contribution is 2.30. The minimum absolute atomic E-state index is 0.238. The number of aryl methyl sites for hydroxylation is 2. The Kier molecular flexibility index (Phi) is 4.83. The number of nitrogens with zero attached hydrogens (tertiary/aromatic N) is 1. The molecule has 3 aromatic carbocycles. The summed E-state index contributed by atoms with van der Waals surface area (Å²) in [5, 5.41) is 0.780. The highest BCUT2D eigenvalue weighted by atomic mass is 32.2. The Balaban J connectivity index is 1.77. The van der Waals surface area contributed by atoms with Gasteiger partial charge in [-0.25, -0.2) is 17.2 Å². The zero-order chi connectivity index (χ0) is 21.5. The average Bonchev–Trinajstić information content (AvgIpc) is 3.11.